The number of carbonyl (C=O) groups is 1. The first-order valence-corrected chi connectivity index (χ1v) is 13.6. The Bertz CT molecular complexity index is 1510. The van der Waals surface area contributed by atoms with Crippen molar-refractivity contribution in [2.75, 3.05) is 5.32 Å². The van der Waals surface area contributed by atoms with Gasteiger partial charge in [-0.25, -0.2) is 4.79 Å². The van der Waals surface area contributed by atoms with Crippen LogP contribution in [0.25, 0.3) is 39.3 Å². The summed E-state index contributed by atoms with van der Waals surface area (Å²) in [6.07, 6.45) is -0.469. The Balaban J connectivity index is 1.65. The van der Waals surface area contributed by atoms with Gasteiger partial charge < -0.3 is 4.74 Å². The normalized spacial score (nSPS) is 11.2. The van der Waals surface area contributed by atoms with Gasteiger partial charge in [0.15, 0.2) is 0 Å². The number of nitrogens with one attached hydrogen (secondary N) is 1. The molecule has 0 aliphatic heterocycles. The van der Waals surface area contributed by atoms with Crippen LogP contribution < -0.4 is 9.88 Å². The smallest absolute Gasteiger partial charge is 0.412 e. The van der Waals surface area contributed by atoms with Crippen LogP contribution in [0.5, 0.6) is 0 Å². The van der Waals surface area contributed by atoms with Gasteiger partial charge in [0.05, 0.1) is 0 Å². The molecule has 1 heterocycles. The van der Waals surface area contributed by atoms with Gasteiger partial charge in [0.1, 0.15) is 5.60 Å². The first-order valence-electron chi connectivity index (χ1n) is 12.8. The number of nitrogens with zero attached hydrogens (tertiary/aromatic N) is 1. The van der Waals surface area contributed by atoms with Crippen LogP contribution in [0.15, 0.2) is 126 Å². The van der Waals surface area contributed by atoms with E-state index >= 15 is 0 Å². The highest BCUT2D eigenvalue weighted by atomic mass is 79.9. The topological polar surface area (TPSA) is 42.2 Å². The number of aromatic nitrogens is 1. The van der Waals surface area contributed by atoms with E-state index in [2.05, 4.69) is 111 Å². The molecule has 0 saturated heterocycles. The summed E-state index contributed by atoms with van der Waals surface area (Å²) in [5.74, 6) is 0. The second-order valence-corrected chi connectivity index (χ2v) is 11.2. The quantitative estimate of drug-likeness (QED) is 0.212. The standard InChI is InChI=1S/C34H29BrN2O2/c1-34(2,3)39-33(38)36-29-18-14-24(15-19-29)27-22-31(25-10-6-4-7-11-25)37(30-20-16-28(35)17-21-30)32(23-27)26-12-8-5-9-13-26/h4-23H,1-3H3/p+1. The van der Waals surface area contributed by atoms with Crippen molar-refractivity contribution >= 4 is 27.7 Å². The second kappa shape index (κ2) is 11.3. The number of carbonyl (C=O) groups excluding carboxylic acids is 1. The number of amides is 1. The number of ether oxygens (including phenoxy) is 1. The third-order valence-corrected chi connectivity index (χ3v) is 6.68. The average molecular weight is 579 g/mol. The minimum Gasteiger partial charge on any atom is -0.444 e. The first kappa shape index (κ1) is 26.4. The largest absolute Gasteiger partial charge is 0.444 e. The van der Waals surface area contributed by atoms with E-state index in [0.29, 0.717) is 5.69 Å². The lowest BCUT2D eigenvalue weighted by Gasteiger charge is -2.19. The maximum atomic E-state index is 12.2. The van der Waals surface area contributed by atoms with Gasteiger partial charge >= 0.3 is 6.09 Å². The third-order valence-electron chi connectivity index (χ3n) is 6.15. The van der Waals surface area contributed by atoms with Crippen LogP contribution in [-0.2, 0) is 4.74 Å². The fraction of sp³-hybridized carbons (Fsp3) is 0.118. The maximum Gasteiger partial charge on any atom is 0.412 e. The molecule has 5 heteroatoms. The molecule has 0 fully saturated rings. The SMILES string of the molecule is CC(C)(C)OC(=O)Nc1ccc(-c2cc(-c3ccccc3)[n+](-c3ccc(Br)cc3)c(-c3ccccc3)c2)cc1. The van der Waals surface area contributed by atoms with E-state index in [1.807, 2.05) is 57.2 Å². The summed E-state index contributed by atoms with van der Waals surface area (Å²) in [6.45, 7) is 5.54. The van der Waals surface area contributed by atoms with Crippen LogP contribution >= 0.6 is 15.9 Å². The zero-order valence-electron chi connectivity index (χ0n) is 22.2. The van der Waals surface area contributed by atoms with Crippen molar-refractivity contribution in [1.29, 1.82) is 0 Å². The van der Waals surface area contributed by atoms with Crippen LogP contribution in [0, 0.1) is 0 Å². The fourth-order valence-corrected chi connectivity index (χ4v) is 4.70. The molecule has 0 unspecified atom stereocenters. The summed E-state index contributed by atoms with van der Waals surface area (Å²) >= 11 is 3.58. The maximum absolute atomic E-state index is 12.2. The van der Waals surface area contributed by atoms with Gasteiger partial charge in [0.2, 0.25) is 17.1 Å². The van der Waals surface area contributed by atoms with Crippen LogP contribution in [0.3, 0.4) is 0 Å². The van der Waals surface area contributed by atoms with Gasteiger partial charge in [-0.15, -0.1) is 0 Å². The molecule has 194 valence electrons. The predicted octanol–water partition coefficient (Wildman–Crippen LogP) is 9.07. The molecule has 0 bridgehead atoms. The lowest BCUT2D eigenvalue weighted by atomic mass is 9.98. The van der Waals surface area contributed by atoms with E-state index in [0.717, 1.165) is 43.8 Å². The zero-order chi connectivity index (χ0) is 27.4. The molecule has 5 rings (SSSR count). The predicted molar refractivity (Wildman–Crippen MR) is 162 cm³/mol. The summed E-state index contributed by atoms with van der Waals surface area (Å²) in [5.41, 5.74) is 7.69. The number of hydrogen-bond donors (Lipinski definition) is 1. The van der Waals surface area contributed by atoms with E-state index < -0.39 is 11.7 Å². The first-order chi connectivity index (χ1) is 18.8. The van der Waals surface area contributed by atoms with Crippen molar-refractivity contribution in [3.8, 4) is 39.3 Å². The van der Waals surface area contributed by atoms with E-state index in [-0.39, 0.29) is 0 Å². The molecule has 39 heavy (non-hydrogen) atoms. The minimum atomic E-state index is -0.556. The molecular formula is C34H30BrN2O2+. The highest BCUT2D eigenvalue weighted by molar-refractivity contribution is 9.10. The molecule has 0 saturated carbocycles. The number of halogens is 1. The van der Waals surface area contributed by atoms with Gasteiger partial charge in [0.25, 0.3) is 0 Å². The van der Waals surface area contributed by atoms with Gasteiger partial charge in [0, 0.05) is 45.6 Å². The fourth-order valence-electron chi connectivity index (χ4n) is 4.44. The Hall–Kier alpha value is -4.22. The number of hydrogen-bond acceptors (Lipinski definition) is 2. The Kier molecular flexibility index (Phi) is 7.62. The Morgan fingerprint density at radius 2 is 1.18 bits per heavy atom. The molecule has 0 aliphatic carbocycles. The molecular weight excluding hydrogens is 548 g/mol. The number of rotatable bonds is 5. The van der Waals surface area contributed by atoms with Gasteiger partial charge in [-0.1, -0.05) is 64.5 Å². The van der Waals surface area contributed by atoms with E-state index in [1.165, 1.54) is 0 Å². The number of anilines is 1. The van der Waals surface area contributed by atoms with Crippen LogP contribution in [0.2, 0.25) is 0 Å². The number of benzene rings is 4. The van der Waals surface area contributed by atoms with E-state index in [4.69, 9.17) is 4.74 Å². The van der Waals surface area contributed by atoms with E-state index in [1.54, 1.807) is 0 Å². The molecule has 4 nitrogen and oxygen atoms in total. The van der Waals surface area contributed by atoms with Crippen LogP contribution in [-0.4, -0.2) is 11.7 Å². The monoisotopic (exact) mass is 577 g/mol. The molecule has 0 radical (unpaired) electrons. The Morgan fingerprint density at radius 3 is 1.67 bits per heavy atom. The van der Waals surface area contributed by atoms with Crippen LogP contribution in [0.4, 0.5) is 10.5 Å². The van der Waals surface area contributed by atoms with Crippen LogP contribution in [0.1, 0.15) is 20.8 Å². The van der Waals surface area contributed by atoms with Crippen molar-refractivity contribution in [1.82, 2.24) is 0 Å². The lowest BCUT2D eigenvalue weighted by Crippen LogP contribution is -2.36. The average Bonchev–Trinajstić information content (AvgIpc) is 2.93. The summed E-state index contributed by atoms with van der Waals surface area (Å²) in [4.78, 5) is 12.2. The molecule has 4 aromatic carbocycles. The van der Waals surface area contributed by atoms with Gasteiger partial charge in [-0.3, -0.25) is 5.32 Å². The van der Waals surface area contributed by atoms with Crippen molar-refractivity contribution < 1.29 is 14.1 Å². The minimum absolute atomic E-state index is 0.469. The zero-order valence-corrected chi connectivity index (χ0v) is 23.8. The molecule has 1 N–H and O–H groups in total. The Labute approximate surface area is 238 Å². The molecule has 0 atom stereocenters. The molecule has 0 spiro atoms. The Morgan fingerprint density at radius 1 is 0.667 bits per heavy atom. The van der Waals surface area contributed by atoms with Crippen molar-refractivity contribution in [2.24, 2.45) is 0 Å². The third kappa shape index (κ3) is 6.44. The molecule has 1 aromatic heterocycles. The summed E-state index contributed by atoms with van der Waals surface area (Å²) in [7, 11) is 0. The molecule has 5 aromatic rings. The summed E-state index contributed by atoms with van der Waals surface area (Å²) < 4.78 is 8.73. The highest BCUT2D eigenvalue weighted by Gasteiger charge is 2.25. The van der Waals surface area contributed by atoms with Crippen molar-refractivity contribution in [2.45, 2.75) is 26.4 Å². The summed E-state index contributed by atoms with van der Waals surface area (Å²) in [6, 6.07) is 41.5. The van der Waals surface area contributed by atoms with Gasteiger partial charge in [-0.05, 0) is 80.4 Å². The van der Waals surface area contributed by atoms with Crippen molar-refractivity contribution in [3.05, 3.63) is 126 Å². The molecule has 0 aliphatic rings. The lowest BCUT2D eigenvalue weighted by molar-refractivity contribution is -0.572. The summed E-state index contributed by atoms with van der Waals surface area (Å²) in [5, 5.41) is 2.82. The highest BCUT2D eigenvalue weighted by Crippen LogP contribution is 2.31. The number of pyridine rings is 1. The van der Waals surface area contributed by atoms with Crippen molar-refractivity contribution in [3.63, 3.8) is 0 Å². The molecule has 1 amide bonds. The van der Waals surface area contributed by atoms with E-state index in [9.17, 15) is 4.79 Å². The van der Waals surface area contributed by atoms with Gasteiger partial charge in [-0.2, -0.15) is 4.57 Å². The second-order valence-electron chi connectivity index (χ2n) is 10.3.